The van der Waals surface area contributed by atoms with Gasteiger partial charge in [0.25, 0.3) is 11.7 Å². The SMILES string of the molecule is CCOc1ccc(/C(O)=C2/C(=O)C(=O)N(CCOC)C2c2sccc2C)cc1C(C)(C)C. The molecule has 1 atom stereocenters. The maximum Gasteiger partial charge on any atom is 0.295 e. The lowest BCUT2D eigenvalue weighted by atomic mass is 9.84. The molecule has 1 unspecified atom stereocenters. The monoisotopic (exact) mass is 457 g/mol. The summed E-state index contributed by atoms with van der Waals surface area (Å²) in [7, 11) is 1.55. The number of Topliss-reactive ketones (excluding diaryl/α,β-unsaturated/α-hetero) is 1. The summed E-state index contributed by atoms with van der Waals surface area (Å²) in [5.74, 6) is -0.733. The average Bonchev–Trinajstić information content (AvgIpc) is 3.26. The Morgan fingerprint density at radius 2 is 1.94 bits per heavy atom. The third-order valence-corrected chi connectivity index (χ3v) is 6.66. The van der Waals surface area contributed by atoms with Gasteiger partial charge in [-0.1, -0.05) is 20.8 Å². The second-order valence-electron chi connectivity index (χ2n) is 8.85. The first-order valence-electron chi connectivity index (χ1n) is 10.7. The minimum Gasteiger partial charge on any atom is -0.507 e. The number of aliphatic hydroxyl groups is 1. The number of hydrogen-bond donors (Lipinski definition) is 1. The zero-order valence-electron chi connectivity index (χ0n) is 19.5. The lowest BCUT2D eigenvalue weighted by Crippen LogP contribution is -2.32. The molecule has 0 radical (unpaired) electrons. The van der Waals surface area contributed by atoms with E-state index in [1.165, 1.54) is 16.2 Å². The predicted octanol–water partition coefficient (Wildman–Crippen LogP) is 4.82. The van der Waals surface area contributed by atoms with E-state index in [2.05, 4.69) is 20.8 Å². The molecule has 2 heterocycles. The average molecular weight is 458 g/mol. The highest BCUT2D eigenvalue weighted by Crippen LogP contribution is 2.43. The Morgan fingerprint density at radius 1 is 1.22 bits per heavy atom. The number of methoxy groups -OCH3 is 1. The molecule has 0 saturated carbocycles. The lowest BCUT2D eigenvalue weighted by molar-refractivity contribution is -0.140. The van der Waals surface area contributed by atoms with Crippen molar-refractivity contribution in [3.8, 4) is 5.75 Å². The Kier molecular flexibility index (Phi) is 7.10. The van der Waals surface area contributed by atoms with Gasteiger partial charge in [-0.05, 0) is 54.5 Å². The third kappa shape index (κ3) is 4.45. The number of ether oxygens (including phenoxy) is 2. The number of hydrogen-bond acceptors (Lipinski definition) is 6. The number of thiophene rings is 1. The number of aryl methyl sites for hydroxylation is 1. The van der Waals surface area contributed by atoms with E-state index < -0.39 is 17.7 Å². The van der Waals surface area contributed by atoms with Crippen LogP contribution in [0.5, 0.6) is 5.75 Å². The van der Waals surface area contributed by atoms with E-state index in [0.717, 1.165) is 21.8 Å². The van der Waals surface area contributed by atoms with Crippen LogP contribution < -0.4 is 4.74 Å². The molecule has 32 heavy (non-hydrogen) atoms. The molecule has 0 bridgehead atoms. The van der Waals surface area contributed by atoms with E-state index >= 15 is 0 Å². The molecule has 1 aromatic heterocycles. The zero-order valence-corrected chi connectivity index (χ0v) is 20.3. The van der Waals surface area contributed by atoms with Gasteiger partial charge >= 0.3 is 0 Å². The van der Waals surface area contributed by atoms with Crippen LogP contribution in [0.4, 0.5) is 0 Å². The maximum atomic E-state index is 13.1. The van der Waals surface area contributed by atoms with Crippen LogP contribution in [0.1, 0.15) is 55.3 Å². The van der Waals surface area contributed by atoms with E-state index in [-0.39, 0.29) is 23.3 Å². The van der Waals surface area contributed by atoms with Gasteiger partial charge in [0.2, 0.25) is 0 Å². The Bertz CT molecular complexity index is 1050. The number of carbonyl (C=O) groups excluding carboxylic acids is 2. The van der Waals surface area contributed by atoms with Gasteiger partial charge in [-0.15, -0.1) is 11.3 Å². The van der Waals surface area contributed by atoms with Crippen LogP contribution in [0.25, 0.3) is 5.76 Å². The molecule has 1 aliphatic heterocycles. The molecule has 1 N–H and O–H groups in total. The van der Waals surface area contributed by atoms with Crippen molar-refractivity contribution in [3.05, 3.63) is 56.8 Å². The number of nitrogens with zero attached hydrogens (tertiary/aromatic N) is 1. The molecule has 0 spiro atoms. The van der Waals surface area contributed by atoms with Crippen LogP contribution in [-0.4, -0.2) is 48.6 Å². The maximum absolute atomic E-state index is 13.1. The molecule has 0 aliphatic carbocycles. The molecule has 1 aliphatic rings. The second kappa shape index (κ2) is 9.46. The standard InChI is InChI=1S/C25H31NO5S/c1-7-31-18-9-8-16(14-17(18)25(3,4)5)21(27)19-20(23-15(2)10-13-32-23)26(11-12-30-6)24(29)22(19)28/h8-10,13-14,20,27H,7,11-12H2,1-6H3/b21-19-. The van der Waals surface area contributed by atoms with Gasteiger partial charge in [-0.25, -0.2) is 0 Å². The van der Waals surface area contributed by atoms with Crippen molar-refractivity contribution in [2.75, 3.05) is 26.9 Å². The van der Waals surface area contributed by atoms with Crippen LogP contribution in [0, 0.1) is 6.92 Å². The first-order valence-corrected chi connectivity index (χ1v) is 11.6. The van der Waals surface area contributed by atoms with Gasteiger partial charge in [0.1, 0.15) is 11.5 Å². The predicted molar refractivity (Wildman–Crippen MR) is 126 cm³/mol. The molecule has 3 rings (SSSR count). The minimum absolute atomic E-state index is 0.112. The summed E-state index contributed by atoms with van der Waals surface area (Å²) in [5.41, 5.74) is 2.25. The van der Waals surface area contributed by atoms with Gasteiger partial charge in [0, 0.05) is 29.7 Å². The van der Waals surface area contributed by atoms with Crippen LogP contribution >= 0.6 is 11.3 Å². The highest BCUT2D eigenvalue weighted by Gasteiger charge is 2.46. The van der Waals surface area contributed by atoms with E-state index in [4.69, 9.17) is 9.47 Å². The van der Waals surface area contributed by atoms with Gasteiger partial charge < -0.3 is 19.5 Å². The fraction of sp³-hybridized carbons (Fsp3) is 0.440. The van der Waals surface area contributed by atoms with E-state index in [0.29, 0.717) is 18.8 Å². The largest absolute Gasteiger partial charge is 0.507 e. The van der Waals surface area contributed by atoms with Crippen molar-refractivity contribution in [1.29, 1.82) is 0 Å². The highest BCUT2D eigenvalue weighted by atomic mass is 32.1. The topological polar surface area (TPSA) is 76.1 Å². The third-order valence-electron chi connectivity index (χ3n) is 5.59. The van der Waals surface area contributed by atoms with Gasteiger partial charge in [0.05, 0.1) is 24.8 Å². The number of benzene rings is 1. The molecule has 6 nitrogen and oxygen atoms in total. The summed E-state index contributed by atoms with van der Waals surface area (Å²) < 4.78 is 10.9. The van der Waals surface area contributed by atoms with Crippen molar-refractivity contribution < 1.29 is 24.2 Å². The summed E-state index contributed by atoms with van der Waals surface area (Å²) in [6.45, 7) is 11.1. The summed E-state index contributed by atoms with van der Waals surface area (Å²) in [5, 5.41) is 13.3. The van der Waals surface area contributed by atoms with Gasteiger partial charge in [-0.2, -0.15) is 0 Å². The number of ketones is 1. The molecular weight excluding hydrogens is 426 g/mol. The van der Waals surface area contributed by atoms with Gasteiger partial charge in [-0.3, -0.25) is 9.59 Å². The normalized spacial score (nSPS) is 18.4. The summed E-state index contributed by atoms with van der Waals surface area (Å²) in [6, 6.07) is 6.70. The summed E-state index contributed by atoms with van der Waals surface area (Å²) in [4.78, 5) is 28.4. The number of likely N-dealkylation sites (tertiary alicyclic amines) is 1. The van der Waals surface area contributed by atoms with Crippen LogP contribution in [0.3, 0.4) is 0 Å². The molecule has 1 fully saturated rings. The Labute approximate surface area is 193 Å². The second-order valence-corrected chi connectivity index (χ2v) is 9.79. The van der Waals surface area contributed by atoms with Crippen molar-refractivity contribution in [1.82, 2.24) is 4.90 Å². The smallest absolute Gasteiger partial charge is 0.295 e. The number of rotatable bonds is 7. The van der Waals surface area contributed by atoms with Crippen LogP contribution in [-0.2, 0) is 19.7 Å². The molecule has 172 valence electrons. The first kappa shape index (κ1) is 24.0. The lowest BCUT2D eigenvalue weighted by Gasteiger charge is -2.25. The van der Waals surface area contributed by atoms with Crippen LogP contribution in [0.15, 0.2) is 35.2 Å². The number of aliphatic hydroxyl groups excluding tert-OH is 1. The molecule has 1 aromatic carbocycles. The number of amides is 1. The zero-order chi connectivity index (χ0) is 23.6. The Hall–Kier alpha value is -2.64. The first-order chi connectivity index (χ1) is 15.1. The van der Waals surface area contributed by atoms with E-state index in [9.17, 15) is 14.7 Å². The molecule has 1 amide bonds. The van der Waals surface area contributed by atoms with E-state index in [1.807, 2.05) is 37.4 Å². The fourth-order valence-electron chi connectivity index (χ4n) is 3.94. The van der Waals surface area contributed by atoms with Crippen molar-refractivity contribution in [2.45, 2.75) is 46.1 Å². The summed E-state index contributed by atoms with van der Waals surface area (Å²) in [6.07, 6.45) is 0. The van der Waals surface area contributed by atoms with Gasteiger partial charge in [0.15, 0.2) is 0 Å². The minimum atomic E-state index is -0.678. The molecular formula is C25H31NO5S. The summed E-state index contributed by atoms with van der Waals surface area (Å²) >= 11 is 1.47. The highest BCUT2D eigenvalue weighted by molar-refractivity contribution is 7.10. The van der Waals surface area contributed by atoms with Crippen molar-refractivity contribution in [2.24, 2.45) is 0 Å². The quantitative estimate of drug-likeness (QED) is 0.366. The molecule has 2 aromatic rings. The Morgan fingerprint density at radius 3 is 2.50 bits per heavy atom. The fourth-order valence-corrected chi connectivity index (χ4v) is 4.98. The number of carbonyl (C=O) groups is 2. The molecule has 1 saturated heterocycles. The van der Waals surface area contributed by atoms with E-state index in [1.54, 1.807) is 13.2 Å². The molecule has 7 heteroatoms. The van der Waals surface area contributed by atoms with Crippen LogP contribution in [0.2, 0.25) is 0 Å². The Balaban J connectivity index is 2.19. The van der Waals surface area contributed by atoms with Crippen molar-refractivity contribution in [3.63, 3.8) is 0 Å². The van der Waals surface area contributed by atoms with Crippen molar-refractivity contribution >= 4 is 28.8 Å².